The maximum Gasteiger partial charge on any atom is 0.418 e. The molecule has 29 nitrogen and oxygen atoms in total. The molecule has 19 rings (SSSR count). The van der Waals surface area contributed by atoms with Crippen molar-refractivity contribution in [2.24, 2.45) is 0 Å². The van der Waals surface area contributed by atoms with Gasteiger partial charge in [0.15, 0.2) is 0 Å². The zero-order valence-electron chi connectivity index (χ0n) is 65.0. The number of carbonyl (C=O) groups is 3. The summed E-state index contributed by atoms with van der Waals surface area (Å²) in [6.07, 6.45) is 17.9. The molecule has 0 atom stereocenters. The Kier molecular flexibility index (Phi) is 24.4. The van der Waals surface area contributed by atoms with E-state index in [1.165, 1.54) is 11.8 Å². The summed E-state index contributed by atoms with van der Waals surface area (Å²) in [7, 11) is 0. The fourth-order valence-electron chi connectivity index (χ4n) is 14.4. The summed E-state index contributed by atoms with van der Waals surface area (Å²) in [6.45, 7) is 7.36. The third-order valence-corrected chi connectivity index (χ3v) is 20.9. The Morgan fingerprint density at radius 3 is 1.47 bits per heavy atom. The number of hydrogen-bond donors (Lipinski definition) is 9. The molecule has 12 aromatic heterocycles. The Hall–Kier alpha value is -14.0. The van der Waals surface area contributed by atoms with Gasteiger partial charge in [0.1, 0.15) is 28.2 Å². The first kappa shape index (κ1) is 80.8. The number of anilines is 8. The second-order valence-electron chi connectivity index (χ2n) is 28.5. The number of likely N-dealkylation sites (tertiary alicyclic amines) is 2. The monoisotopic (exact) mass is 1680 g/mol. The van der Waals surface area contributed by atoms with Crippen LogP contribution in [-0.4, -0.2) is 161 Å². The van der Waals surface area contributed by atoms with Gasteiger partial charge < -0.3 is 51.0 Å². The minimum atomic E-state index is -4.53. The summed E-state index contributed by atoms with van der Waals surface area (Å²) in [5.41, 5.74) is 15.9. The van der Waals surface area contributed by atoms with Crippen LogP contribution < -0.4 is 26.7 Å². The number of aromatic nitrogens is 18. The van der Waals surface area contributed by atoms with Crippen molar-refractivity contribution in [2.75, 3.05) is 54.0 Å². The molecule has 3 amide bonds. The molecule has 0 radical (unpaired) electrons. The number of piperidine rings is 1. The molecule has 16 aromatic rings. The molecule has 3 fully saturated rings. The SMILES string of the molecule is CCCc1ccnc(-c2ccnc(Nc3cc(Cl)c4[nH]c(C(=O)N5CCC(N6CCCC6=O)CC5)cc4c3)n2)c1.Cc1nc2c(C(F)(F)F)cc(Nc3nccc(-c4ccccn4)n3)cc2[nH]1.Clc1cc(Nc2nccc(-c3ccccn3)n2)cc2[nH]cnc12.O=C(c1cc2cc(Nc3nccc(-c4ccccn4)n3)cc(Cl)c2[nH]1)N1CCCCN1. The number of hydrazine groups is 1. The first-order chi connectivity index (χ1) is 58.8. The Morgan fingerprint density at radius 2 is 0.975 bits per heavy atom. The highest BCUT2D eigenvalue weighted by Gasteiger charge is 2.36. The minimum absolute atomic E-state index is 0.0539. The number of amides is 3. The smallest absolute Gasteiger partial charge is 0.349 e. The van der Waals surface area contributed by atoms with Gasteiger partial charge in [0.2, 0.25) is 29.7 Å². The predicted molar refractivity (Wildman–Crippen MR) is 460 cm³/mol. The first-order valence-electron chi connectivity index (χ1n) is 38.9. The van der Waals surface area contributed by atoms with Crippen molar-refractivity contribution < 1.29 is 27.6 Å². The van der Waals surface area contributed by atoms with Crippen molar-refractivity contribution in [2.45, 2.75) is 77.4 Å². The van der Waals surface area contributed by atoms with E-state index in [-0.39, 0.29) is 46.4 Å². The van der Waals surface area contributed by atoms with Crippen LogP contribution in [0.15, 0.2) is 208 Å². The number of rotatable bonds is 17. The topological polar surface area (TPSA) is 365 Å². The van der Waals surface area contributed by atoms with Gasteiger partial charge in [-0.1, -0.05) is 66.3 Å². The van der Waals surface area contributed by atoms with Crippen molar-refractivity contribution in [3.63, 3.8) is 0 Å². The number of halogens is 6. The second kappa shape index (κ2) is 36.5. The summed E-state index contributed by atoms with van der Waals surface area (Å²) in [4.78, 5) is 115. The lowest BCUT2D eigenvalue weighted by Crippen LogP contribution is -2.47. The third kappa shape index (κ3) is 19.4. The van der Waals surface area contributed by atoms with Gasteiger partial charge in [-0.25, -0.2) is 55.3 Å². The lowest BCUT2D eigenvalue weighted by molar-refractivity contribution is -0.136. The number of H-pyrrole nitrogens is 4. The number of hydrogen-bond acceptors (Lipinski definition) is 22. The largest absolute Gasteiger partial charge is 0.418 e. The quantitative estimate of drug-likeness (QED) is 0.0409. The van der Waals surface area contributed by atoms with Crippen LogP contribution in [0.5, 0.6) is 0 Å². The average Bonchev–Trinajstić information content (AvgIpc) is 1.39. The van der Waals surface area contributed by atoms with E-state index in [1.807, 2.05) is 113 Å². The van der Waals surface area contributed by atoms with Gasteiger partial charge in [0, 0.05) is 128 Å². The number of benzene rings is 4. The van der Waals surface area contributed by atoms with Gasteiger partial charge in [-0.15, -0.1) is 0 Å². The van der Waals surface area contributed by atoms with E-state index in [0.29, 0.717) is 98.8 Å². The average molecular weight is 1690 g/mol. The molecule has 4 aromatic carbocycles. The molecule has 9 N–H and O–H groups in total. The molecule has 0 saturated carbocycles. The summed E-state index contributed by atoms with van der Waals surface area (Å²) < 4.78 is 40.2. The standard InChI is InChI=1S/C30H32ClN7O2.C22H20ClN7O.C18H13F3N6.C16H11ClN6/c1-2-4-19-6-10-32-25(15-19)24-7-11-33-30(36-24)34-21-16-20-17-26(35-28(20)23(31)18-21)29(40)37-13-8-22(9-14-37)38-12-3-5-27(38)39;23-16-13-15(27-22-25-9-6-18(29-22)17-5-1-2-7-24-17)11-14-12-19(28-20(14)16)21(31)30-10-4-3-8-26-30;1-10-24-15-9-11(8-12(16(15)25-10)18(19,20)21)26-17-23-7-5-14(27-17)13-4-2-3-6-22-13;17-11-7-10(8-14-15(11)21-9-20-14)22-16-19-6-4-13(23-16)12-3-1-2-5-18-12/h6-7,10-11,15-18,22,35H,2-5,8-9,12-14H2,1H3,(H,33,34,36);1-2,5-7,9,11-13,26,28H,3-4,8,10H2,(H,25,27,29);2-9H,1H3,(H,24,25)(H,23,26,27);1-9H,(H,20,21)(H,19,22,23). The molecule has 0 spiro atoms. The van der Waals surface area contributed by atoms with Crippen LogP contribution in [0.1, 0.15) is 89.8 Å². The molecule has 3 aliphatic rings. The summed E-state index contributed by atoms with van der Waals surface area (Å²) in [5, 5.41) is 17.3. The minimum Gasteiger partial charge on any atom is -0.349 e. The molecule has 610 valence electrons. The van der Waals surface area contributed by atoms with Crippen molar-refractivity contribution >= 4 is 143 Å². The van der Waals surface area contributed by atoms with Crippen LogP contribution in [-0.2, 0) is 17.4 Å². The van der Waals surface area contributed by atoms with Gasteiger partial charge in [-0.05, 0) is 184 Å². The molecule has 121 heavy (non-hydrogen) atoms. The highest BCUT2D eigenvalue weighted by molar-refractivity contribution is 6.36. The molecular weight excluding hydrogens is 1610 g/mol. The Balaban J connectivity index is 0.000000122. The van der Waals surface area contributed by atoms with Crippen LogP contribution in [0.25, 0.3) is 89.4 Å². The molecule has 0 bridgehead atoms. The molecule has 15 heterocycles. The van der Waals surface area contributed by atoms with Gasteiger partial charge in [0.05, 0.1) is 94.6 Å². The van der Waals surface area contributed by atoms with Crippen molar-refractivity contribution in [1.29, 1.82) is 0 Å². The van der Waals surface area contributed by atoms with Crippen LogP contribution in [0, 0.1) is 6.92 Å². The second-order valence-corrected chi connectivity index (χ2v) is 29.7. The number of nitrogens with one attached hydrogen (secondary N) is 9. The zero-order chi connectivity index (χ0) is 83.5. The van der Waals surface area contributed by atoms with Crippen LogP contribution >= 0.6 is 34.8 Å². The maximum atomic E-state index is 13.4. The lowest BCUT2D eigenvalue weighted by Gasteiger charge is -2.36. The molecule has 35 heteroatoms. The van der Waals surface area contributed by atoms with Crippen LogP contribution in [0.2, 0.25) is 15.1 Å². The lowest BCUT2D eigenvalue weighted by atomic mass is 10.0. The predicted octanol–water partition coefficient (Wildman–Crippen LogP) is 18.1. The highest BCUT2D eigenvalue weighted by Crippen LogP contribution is 2.39. The zero-order valence-corrected chi connectivity index (χ0v) is 67.3. The van der Waals surface area contributed by atoms with Crippen molar-refractivity contribution in [1.82, 2.24) is 110 Å². The fraction of sp³-hybridized carbons (Fsp3) is 0.198. The summed E-state index contributed by atoms with van der Waals surface area (Å²) in [6, 6.07) is 45.5. The van der Waals surface area contributed by atoms with E-state index in [2.05, 4.69) is 129 Å². The first-order valence-corrected chi connectivity index (χ1v) is 40.1. The number of pyridine rings is 4. The Bertz CT molecular complexity index is 6400. The number of fused-ring (bicyclic) bond motifs is 4. The number of aryl methyl sites for hydroxylation is 2. The Morgan fingerprint density at radius 1 is 0.479 bits per heavy atom. The highest BCUT2D eigenvalue weighted by atomic mass is 35.5. The molecule has 3 aliphatic heterocycles. The van der Waals surface area contributed by atoms with Gasteiger partial charge >= 0.3 is 6.18 Å². The molecule has 3 saturated heterocycles. The van der Waals surface area contributed by atoms with E-state index in [1.54, 1.807) is 97.9 Å². The van der Waals surface area contributed by atoms with E-state index < -0.39 is 11.7 Å². The number of carbonyl (C=O) groups excluding carboxylic acids is 3. The normalized spacial score (nSPS) is 13.6. The number of nitrogens with zero attached hydrogens (tertiary/aromatic N) is 17. The van der Waals surface area contributed by atoms with E-state index >= 15 is 0 Å². The summed E-state index contributed by atoms with van der Waals surface area (Å²) >= 11 is 19.3. The van der Waals surface area contributed by atoms with Gasteiger partial charge in [-0.2, -0.15) is 13.2 Å². The molecular formula is C86H76Cl3F3N26O3. The van der Waals surface area contributed by atoms with E-state index in [4.69, 9.17) is 34.8 Å². The Labute approximate surface area is 704 Å². The van der Waals surface area contributed by atoms with E-state index in [9.17, 15) is 27.6 Å². The number of alkyl halides is 3. The summed E-state index contributed by atoms with van der Waals surface area (Å²) in [5.74, 6) is 2.01. The van der Waals surface area contributed by atoms with Gasteiger partial charge in [-0.3, -0.25) is 39.3 Å². The fourth-order valence-corrected chi connectivity index (χ4v) is 15.2. The molecule has 0 unspecified atom stereocenters. The van der Waals surface area contributed by atoms with Crippen LogP contribution in [0.3, 0.4) is 0 Å². The van der Waals surface area contributed by atoms with E-state index in [0.717, 1.165) is 137 Å². The number of aromatic amines is 4. The maximum absolute atomic E-state index is 13.4. The number of imidazole rings is 2. The van der Waals surface area contributed by atoms with Crippen molar-refractivity contribution in [3.8, 4) is 45.6 Å². The molecule has 0 aliphatic carbocycles. The third-order valence-electron chi connectivity index (χ3n) is 20.0. The van der Waals surface area contributed by atoms with Gasteiger partial charge in [0.25, 0.3) is 11.8 Å². The van der Waals surface area contributed by atoms with Crippen LogP contribution in [0.4, 0.5) is 59.7 Å². The van der Waals surface area contributed by atoms with Crippen molar-refractivity contribution in [3.05, 3.63) is 251 Å².